The molecule has 2 aromatic heterocycles. The summed E-state index contributed by atoms with van der Waals surface area (Å²) in [6, 6.07) is 20.4. The van der Waals surface area contributed by atoms with Crippen LogP contribution in [0.2, 0.25) is 0 Å². The predicted molar refractivity (Wildman–Crippen MR) is 144 cm³/mol. The van der Waals surface area contributed by atoms with E-state index in [4.69, 9.17) is 4.42 Å². The van der Waals surface area contributed by atoms with Crippen molar-refractivity contribution in [2.45, 2.75) is 32.9 Å². The molecular formula is C30H26FN5O3. The van der Waals surface area contributed by atoms with E-state index in [0.29, 0.717) is 11.4 Å². The number of aromatic nitrogens is 3. The molecule has 1 N–H and O–H groups in total. The van der Waals surface area contributed by atoms with Crippen LogP contribution in [0.1, 0.15) is 41.7 Å². The molecule has 8 nitrogen and oxygen atoms in total. The van der Waals surface area contributed by atoms with E-state index in [9.17, 15) is 14.0 Å². The van der Waals surface area contributed by atoms with Crippen LogP contribution in [0.5, 0.6) is 0 Å². The first-order valence-corrected chi connectivity index (χ1v) is 12.6. The fourth-order valence-electron chi connectivity index (χ4n) is 5.33. The van der Waals surface area contributed by atoms with Crippen LogP contribution in [-0.4, -0.2) is 32.6 Å². The van der Waals surface area contributed by atoms with E-state index in [-0.39, 0.29) is 17.5 Å². The van der Waals surface area contributed by atoms with Crippen LogP contribution in [0.25, 0.3) is 16.6 Å². The first-order valence-electron chi connectivity index (χ1n) is 12.6. The van der Waals surface area contributed by atoms with Crippen LogP contribution in [0.3, 0.4) is 0 Å². The van der Waals surface area contributed by atoms with E-state index in [2.05, 4.69) is 15.4 Å². The lowest BCUT2D eigenvalue weighted by atomic mass is 9.82. The summed E-state index contributed by atoms with van der Waals surface area (Å²) in [5, 5.41) is 8.39. The third-order valence-corrected chi connectivity index (χ3v) is 7.42. The minimum atomic E-state index is -0.933. The standard InChI is InChI=1S/C30H26FN5O3/c1-18-26(39-17-32-18)28(37)34-27-25(19-7-5-4-6-8-19)35(29(38)30(27,2)3)23-13-14-24-20(15-23)16-33-36(24)22-11-9-21(31)10-12-22/h4-17,25,27H,1-3H3,(H,34,37)/t25-,27-/m0/s1. The molecule has 0 saturated carbocycles. The van der Waals surface area contributed by atoms with Crippen LogP contribution in [0.15, 0.2) is 89.8 Å². The molecule has 6 rings (SSSR count). The summed E-state index contributed by atoms with van der Waals surface area (Å²) in [6.07, 6.45) is 2.95. The van der Waals surface area contributed by atoms with Crippen molar-refractivity contribution in [3.63, 3.8) is 0 Å². The zero-order valence-electron chi connectivity index (χ0n) is 21.6. The van der Waals surface area contributed by atoms with Gasteiger partial charge in [-0.25, -0.2) is 14.1 Å². The molecular weight excluding hydrogens is 497 g/mol. The fourth-order valence-corrected chi connectivity index (χ4v) is 5.33. The first-order chi connectivity index (χ1) is 18.8. The lowest BCUT2D eigenvalue weighted by molar-refractivity contribution is -0.124. The Morgan fingerprint density at radius 3 is 2.44 bits per heavy atom. The molecule has 3 heterocycles. The van der Waals surface area contributed by atoms with Gasteiger partial charge in [0.15, 0.2) is 6.39 Å². The highest BCUT2D eigenvalue weighted by molar-refractivity contribution is 6.04. The van der Waals surface area contributed by atoms with Crippen LogP contribution in [0, 0.1) is 18.2 Å². The molecule has 196 valence electrons. The molecule has 0 unspecified atom stereocenters. The number of halogens is 1. The Balaban J connectivity index is 1.43. The summed E-state index contributed by atoms with van der Waals surface area (Å²) in [5.74, 6) is -0.742. The second kappa shape index (κ2) is 9.20. The molecule has 0 bridgehead atoms. The highest BCUT2D eigenvalue weighted by Gasteiger charge is 2.55. The zero-order chi connectivity index (χ0) is 27.3. The SMILES string of the molecule is Cc1ncoc1C(=O)N[C@H]1[C@H](c2ccccc2)N(c2ccc3c(cnn3-c3ccc(F)cc3)c2)C(=O)C1(C)C. The third-order valence-electron chi connectivity index (χ3n) is 7.42. The molecule has 0 aliphatic carbocycles. The third kappa shape index (κ3) is 4.06. The van der Waals surface area contributed by atoms with Crippen molar-refractivity contribution >= 4 is 28.4 Å². The molecule has 3 aromatic carbocycles. The summed E-state index contributed by atoms with van der Waals surface area (Å²) in [5.41, 5.74) is 2.66. The Kier molecular flexibility index (Phi) is 5.79. The van der Waals surface area contributed by atoms with Gasteiger partial charge in [0.25, 0.3) is 5.91 Å². The number of aryl methyl sites for hydroxylation is 1. The number of hydrogen-bond acceptors (Lipinski definition) is 5. The van der Waals surface area contributed by atoms with Crippen LogP contribution < -0.4 is 10.2 Å². The van der Waals surface area contributed by atoms with Gasteiger partial charge >= 0.3 is 0 Å². The average Bonchev–Trinajstić information content (AvgIpc) is 3.61. The summed E-state index contributed by atoms with van der Waals surface area (Å²) in [4.78, 5) is 33.0. The number of amides is 2. The maximum atomic E-state index is 14.0. The number of carbonyl (C=O) groups excluding carboxylic acids is 2. The molecule has 0 spiro atoms. The van der Waals surface area contributed by atoms with Gasteiger partial charge in [0.2, 0.25) is 11.7 Å². The van der Waals surface area contributed by atoms with E-state index < -0.39 is 23.4 Å². The lowest BCUT2D eigenvalue weighted by Gasteiger charge is -2.30. The van der Waals surface area contributed by atoms with Gasteiger partial charge in [-0.1, -0.05) is 30.3 Å². The first kappa shape index (κ1) is 24.5. The Bertz CT molecular complexity index is 1690. The van der Waals surface area contributed by atoms with Gasteiger partial charge in [-0.2, -0.15) is 5.10 Å². The van der Waals surface area contributed by atoms with Crippen LogP contribution in [0.4, 0.5) is 10.1 Å². The number of rotatable bonds is 5. The van der Waals surface area contributed by atoms with Crippen LogP contribution >= 0.6 is 0 Å². The molecule has 2 atom stereocenters. The molecule has 1 saturated heterocycles. The van der Waals surface area contributed by atoms with Gasteiger partial charge < -0.3 is 14.6 Å². The number of oxazole rings is 1. The Labute approximate surface area is 224 Å². The maximum absolute atomic E-state index is 14.0. The molecule has 39 heavy (non-hydrogen) atoms. The van der Waals surface area contributed by atoms with Crippen LogP contribution in [-0.2, 0) is 4.79 Å². The maximum Gasteiger partial charge on any atom is 0.289 e. The van der Waals surface area contributed by atoms with E-state index in [0.717, 1.165) is 22.2 Å². The zero-order valence-corrected chi connectivity index (χ0v) is 21.6. The van der Waals surface area contributed by atoms with E-state index in [1.165, 1.54) is 18.5 Å². The quantitative estimate of drug-likeness (QED) is 0.334. The summed E-state index contributed by atoms with van der Waals surface area (Å²) in [7, 11) is 0. The highest BCUT2D eigenvalue weighted by Crippen LogP contribution is 2.47. The molecule has 1 aliphatic heterocycles. The molecule has 1 aliphatic rings. The smallest absolute Gasteiger partial charge is 0.289 e. The number of carbonyl (C=O) groups is 2. The molecule has 9 heteroatoms. The Morgan fingerprint density at radius 2 is 1.74 bits per heavy atom. The molecule has 1 fully saturated rings. The van der Waals surface area contributed by atoms with Gasteiger partial charge in [0.05, 0.1) is 40.6 Å². The Hall–Kier alpha value is -4.79. The van der Waals surface area contributed by atoms with E-state index in [1.54, 1.807) is 34.8 Å². The van der Waals surface area contributed by atoms with Crippen molar-refractivity contribution in [2.75, 3.05) is 4.90 Å². The van der Waals surface area contributed by atoms with Crippen molar-refractivity contribution in [3.05, 3.63) is 108 Å². The van der Waals surface area contributed by atoms with Crippen molar-refractivity contribution in [1.29, 1.82) is 0 Å². The van der Waals surface area contributed by atoms with Gasteiger partial charge in [-0.15, -0.1) is 0 Å². The Morgan fingerprint density at radius 1 is 1.03 bits per heavy atom. The highest BCUT2D eigenvalue weighted by atomic mass is 19.1. The van der Waals surface area contributed by atoms with Gasteiger partial charge in [-0.05, 0) is 68.8 Å². The van der Waals surface area contributed by atoms with Crippen molar-refractivity contribution in [2.24, 2.45) is 5.41 Å². The van der Waals surface area contributed by atoms with Gasteiger partial charge in [-0.3, -0.25) is 9.59 Å². The number of nitrogens with one attached hydrogen (secondary N) is 1. The van der Waals surface area contributed by atoms with E-state index >= 15 is 0 Å². The minimum absolute atomic E-state index is 0.123. The molecule has 0 radical (unpaired) electrons. The summed E-state index contributed by atoms with van der Waals surface area (Å²) >= 11 is 0. The van der Waals surface area contributed by atoms with Crippen molar-refractivity contribution in [1.82, 2.24) is 20.1 Å². The van der Waals surface area contributed by atoms with Gasteiger partial charge in [0.1, 0.15) is 5.82 Å². The predicted octanol–water partition coefficient (Wildman–Crippen LogP) is 5.37. The molecule has 2 amide bonds. The minimum Gasteiger partial charge on any atom is -0.438 e. The van der Waals surface area contributed by atoms with Crippen molar-refractivity contribution < 1.29 is 18.4 Å². The normalized spacial score (nSPS) is 18.6. The summed E-state index contributed by atoms with van der Waals surface area (Å²) in [6.45, 7) is 5.38. The number of hydrogen-bond donors (Lipinski definition) is 1. The average molecular weight is 524 g/mol. The molecule has 5 aromatic rings. The number of nitrogens with zero attached hydrogens (tertiary/aromatic N) is 4. The van der Waals surface area contributed by atoms with Gasteiger partial charge in [0, 0.05) is 11.1 Å². The topological polar surface area (TPSA) is 93.3 Å². The second-order valence-corrected chi connectivity index (χ2v) is 10.2. The fraction of sp³-hybridized carbons (Fsp3) is 0.200. The largest absolute Gasteiger partial charge is 0.438 e. The lowest BCUT2D eigenvalue weighted by Crippen LogP contribution is -2.46. The number of fused-ring (bicyclic) bond motifs is 1. The summed E-state index contributed by atoms with van der Waals surface area (Å²) < 4.78 is 20.5. The van der Waals surface area contributed by atoms with E-state index in [1.807, 2.05) is 62.4 Å². The monoisotopic (exact) mass is 523 g/mol. The second-order valence-electron chi connectivity index (χ2n) is 10.2. The number of benzene rings is 3. The number of anilines is 1. The van der Waals surface area contributed by atoms with Crippen molar-refractivity contribution in [3.8, 4) is 5.69 Å².